The number of nitrogens with zero attached hydrogens (tertiary/aromatic N) is 3. The van der Waals surface area contributed by atoms with Crippen molar-refractivity contribution in [3.05, 3.63) is 72.3 Å². The number of carbonyl (C=O) groups is 1. The van der Waals surface area contributed by atoms with Crippen molar-refractivity contribution in [1.82, 2.24) is 9.88 Å². The zero-order chi connectivity index (χ0) is 24.8. The van der Waals surface area contributed by atoms with Gasteiger partial charge in [0.05, 0.1) is 19.8 Å². The number of thiazole rings is 1. The van der Waals surface area contributed by atoms with Gasteiger partial charge in [-0.25, -0.2) is 4.98 Å². The van der Waals surface area contributed by atoms with Crippen LogP contribution in [-0.4, -0.2) is 57.2 Å². The zero-order valence-electron chi connectivity index (χ0n) is 20.8. The Morgan fingerprint density at radius 2 is 1.53 bits per heavy atom. The lowest BCUT2D eigenvalue weighted by atomic mass is 10.1. The number of hydrogen-bond acceptors (Lipinski definition) is 7. The molecule has 0 saturated carbocycles. The first-order valence-electron chi connectivity index (χ1n) is 11.3. The molecule has 1 aromatic heterocycles. The molecule has 1 amide bonds. The summed E-state index contributed by atoms with van der Waals surface area (Å²) in [5, 5.41) is 0.584. The quantitative estimate of drug-likeness (QED) is 0.247. The molecule has 0 radical (unpaired) electrons. The Morgan fingerprint density at radius 3 is 2.22 bits per heavy atom. The zero-order valence-corrected chi connectivity index (χ0v) is 22.4. The second kappa shape index (κ2) is 12.6. The lowest BCUT2D eigenvalue weighted by molar-refractivity contribution is 0.0984. The second-order valence-electron chi connectivity index (χ2n) is 8.17. The van der Waals surface area contributed by atoms with Crippen LogP contribution >= 0.6 is 23.7 Å². The van der Waals surface area contributed by atoms with Gasteiger partial charge in [0, 0.05) is 6.54 Å². The normalized spacial score (nSPS) is 10.7. The van der Waals surface area contributed by atoms with Gasteiger partial charge in [-0.3, -0.25) is 9.69 Å². The van der Waals surface area contributed by atoms with E-state index in [1.807, 2.05) is 74.8 Å². The fourth-order valence-corrected chi connectivity index (χ4v) is 4.81. The Balaban J connectivity index is 0.00000361. The summed E-state index contributed by atoms with van der Waals surface area (Å²) >= 11 is 1.41. The molecule has 0 aliphatic carbocycles. The van der Waals surface area contributed by atoms with E-state index < -0.39 is 0 Å². The average Bonchev–Trinajstić information content (AvgIpc) is 3.31. The molecule has 0 N–H and O–H groups in total. The number of ether oxygens (including phenoxy) is 3. The molecule has 1 heterocycles. The van der Waals surface area contributed by atoms with E-state index in [2.05, 4.69) is 4.90 Å². The first-order chi connectivity index (χ1) is 17.0. The summed E-state index contributed by atoms with van der Waals surface area (Å²) in [5.74, 6) is 2.32. The lowest BCUT2D eigenvalue weighted by Crippen LogP contribution is -2.33. The summed E-state index contributed by atoms with van der Waals surface area (Å²) in [5.41, 5.74) is 1.14. The van der Waals surface area contributed by atoms with E-state index >= 15 is 0 Å². The van der Waals surface area contributed by atoms with E-state index in [9.17, 15) is 4.79 Å². The number of methoxy groups -OCH3 is 2. The van der Waals surface area contributed by atoms with E-state index in [4.69, 9.17) is 19.2 Å². The standard InChI is InChI=1S/C27H29N3O4S.ClH/c1-29(2)17-10-18-30(27-28-24-22(32-3)15-16-23(33-4)25(24)35-27)26(31)20-13-8-9-14-21(20)34-19-11-6-5-7-12-19;/h5-9,11-16H,10,17-18H2,1-4H3;1H. The van der Waals surface area contributed by atoms with Crippen LogP contribution in [0.1, 0.15) is 16.8 Å². The van der Waals surface area contributed by atoms with Gasteiger partial charge in [-0.2, -0.15) is 0 Å². The van der Waals surface area contributed by atoms with E-state index in [0.29, 0.717) is 45.8 Å². The van der Waals surface area contributed by atoms with Crippen molar-refractivity contribution >= 4 is 45.0 Å². The fraction of sp³-hybridized carbons (Fsp3) is 0.259. The van der Waals surface area contributed by atoms with Crippen LogP contribution in [0.4, 0.5) is 5.13 Å². The SMILES string of the molecule is COc1ccc(OC)c2sc(N(CCCN(C)C)C(=O)c3ccccc3Oc3ccccc3)nc12.Cl. The molecule has 4 aromatic rings. The number of amides is 1. The Morgan fingerprint density at radius 1 is 0.861 bits per heavy atom. The van der Waals surface area contributed by atoms with Crippen molar-refractivity contribution in [2.75, 3.05) is 46.3 Å². The van der Waals surface area contributed by atoms with Gasteiger partial charge < -0.3 is 19.1 Å². The molecule has 9 heteroatoms. The van der Waals surface area contributed by atoms with Crippen LogP contribution in [0.5, 0.6) is 23.0 Å². The Hall–Kier alpha value is -3.33. The third-order valence-electron chi connectivity index (χ3n) is 5.45. The number of halogens is 1. The summed E-state index contributed by atoms with van der Waals surface area (Å²) in [7, 11) is 7.26. The monoisotopic (exact) mass is 527 g/mol. The lowest BCUT2D eigenvalue weighted by Gasteiger charge is -2.22. The van der Waals surface area contributed by atoms with Gasteiger partial charge in [0.15, 0.2) is 5.13 Å². The van der Waals surface area contributed by atoms with Gasteiger partial charge >= 0.3 is 0 Å². The topological polar surface area (TPSA) is 64.1 Å². The molecule has 7 nitrogen and oxygen atoms in total. The number of benzene rings is 3. The van der Waals surface area contributed by atoms with Crippen LogP contribution in [-0.2, 0) is 0 Å². The minimum absolute atomic E-state index is 0. The van der Waals surface area contributed by atoms with Crippen LogP contribution in [0.3, 0.4) is 0 Å². The number of rotatable bonds is 10. The summed E-state index contributed by atoms with van der Waals surface area (Å²) in [6.07, 6.45) is 0.782. The van der Waals surface area contributed by atoms with Crippen LogP contribution in [0.25, 0.3) is 10.2 Å². The number of aromatic nitrogens is 1. The number of hydrogen-bond donors (Lipinski definition) is 0. The van der Waals surface area contributed by atoms with E-state index in [1.54, 1.807) is 25.2 Å². The molecular weight excluding hydrogens is 498 g/mol. The van der Waals surface area contributed by atoms with Crippen LogP contribution in [0, 0.1) is 0 Å². The van der Waals surface area contributed by atoms with Crippen molar-refractivity contribution in [2.45, 2.75) is 6.42 Å². The van der Waals surface area contributed by atoms with Gasteiger partial charge in [0.25, 0.3) is 5.91 Å². The first kappa shape index (κ1) is 27.3. The number of para-hydroxylation sites is 2. The Bertz CT molecular complexity index is 1260. The summed E-state index contributed by atoms with van der Waals surface area (Å²) in [6, 6.07) is 20.4. The molecular formula is C27H30ClN3O4S. The largest absolute Gasteiger partial charge is 0.495 e. The molecule has 3 aromatic carbocycles. The van der Waals surface area contributed by atoms with E-state index in [-0.39, 0.29) is 18.3 Å². The third kappa shape index (κ3) is 6.07. The van der Waals surface area contributed by atoms with Gasteiger partial charge in [-0.15, -0.1) is 12.4 Å². The van der Waals surface area contributed by atoms with Crippen molar-refractivity contribution in [1.29, 1.82) is 0 Å². The molecule has 4 rings (SSSR count). The smallest absolute Gasteiger partial charge is 0.263 e. The molecule has 0 aliphatic heterocycles. The van der Waals surface area contributed by atoms with Crippen molar-refractivity contribution < 1.29 is 19.0 Å². The maximum absolute atomic E-state index is 14.0. The highest BCUT2D eigenvalue weighted by Gasteiger charge is 2.25. The third-order valence-corrected chi connectivity index (χ3v) is 6.54. The minimum Gasteiger partial charge on any atom is -0.495 e. The minimum atomic E-state index is -0.174. The summed E-state index contributed by atoms with van der Waals surface area (Å²) in [6.45, 7) is 1.34. The Kier molecular flexibility index (Phi) is 9.52. The van der Waals surface area contributed by atoms with E-state index in [0.717, 1.165) is 17.7 Å². The molecule has 36 heavy (non-hydrogen) atoms. The molecule has 190 valence electrons. The molecule has 0 saturated heterocycles. The molecule has 0 aliphatic rings. The summed E-state index contributed by atoms with van der Waals surface area (Å²) in [4.78, 5) is 22.6. The fourth-order valence-electron chi connectivity index (χ4n) is 3.71. The highest BCUT2D eigenvalue weighted by atomic mass is 35.5. The van der Waals surface area contributed by atoms with Crippen molar-refractivity contribution in [2.24, 2.45) is 0 Å². The van der Waals surface area contributed by atoms with Crippen molar-refractivity contribution in [3.8, 4) is 23.0 Å². The van der Waals surface area contributed by atoms with Gasteiger partial charge in [0.1, 0.15) is 33.2 Å². The maximum atomic E-state index is 14.0. The predicted octanol–water partition coefficient (Wildman–Crippen LogP) is 6.13. The predicted molar refractivity (Wildman–Crippen MR) is 148 cm³/mol. The number of fused-ring (bicyclic) bond motifs is 1. The highest BCUT2D eigenvalue weighted by Crippen LogP contribution is 2.41. The average molecular weight is 528 g/mol. The first-order valence-corrected chi connectivity index (χ1v) is 12.1. The number of anilines is 1. The van der Waals surface area contributed by atoms with Gasteiger partial charge in [0.2, 0.25) is 0 Å². The second-order valence-corrected chi connectivity index (χ2v) is 9.15. The van der Waals surface area contributed by atoms with Crippen molar-refractivity contribution in [3.63, 3.8) is 0 Å². The molecule has 0 unspecified atom stereocenters. The Labute approximate surface area is 221 Å². The summed E-state index contributed by atoms with van der Waals surface area (Å²) < 4.78 is 18.0. The maximum Gasteiger partial charge on any atom is 0.263 e. The number of carbonyl (C=O) groups excluding carboxylic acids is 1. The molecule has 0 bridgehead atoms. The van der Waals surface area contributed by atoms with Crippen LogP contribution in [0.2, 0.25) is 0 Å². The van der Waals surface area contributed by atoms with Crippen LogP contribution in [0.15, 0.2) is 66.7 Å². The van der Waals surface area contributed by atoms with E-state index in [1.165, 1.54) is 11.3 Å². The van der Waals surface area contributed by atoms with Gasteiger partial charge in [-0.05, 0) is 63.5 Å². The molecule has 0 spiro atoms. The van der Waals surface area contributed by atoms with Crippen LogP contribution < -0.4 is 19.1 Å². The highest BCUT2D eigenvalue weighted by molar-refractivity contribution is 7.22. The molecule has 0 atom stereocenters. The molecule has 0 fully saturated rings. The van der Waals surface area contributed by atoms with Gasteiger partial charge in [-0.1, -0.05) is 41.7 Å².